The predicted molar refractivity (Wildman–Crippen MR) is 77.7 cm³/mol. The first kappa shape index (κ1) is 13.7. The number of aryl methyl sites for hydroxylation is 1. The van der Waals surface area contributed by atoms with Gasteiger partial charge in [0.15, 0.2) is 17.4 Å². The second-order valence-electron chi connectivity index (χ2n) is 5.35. The lowest BCUT2D eigenvalue weighted by Crippen LogP contribution is -2.12. The summed E-state index contributed by atoms with van der Waals surface area (Å²) in [7, 11) is 0. The average molecular weight is 287 g/mol. The van der Waals surface area contributed by atoms with Crippen LogP contribution >= 0.6 is 0 Å². The minimum atomic E-state index is -1.04. The molecule has 0 saturated heterocycles. The molecule has 0 saturated carbocycles. The van der Waals surface area contributed by atoms with Gasteiger partial charge in [-0.1, -0.05) is 24.3 Å². The van der Waals surface area contributed by atoms with E-state index in [0.717, 1.165) is 11.3 Å². The van der Waals surface area contributed by atoms with Gasteiger partial charge in [0.25, 0.3) is 0 Å². The van der Waals surface area contributed by atoms with Crippen LogP contribution in [0.2, 0.25) is 0 Å². The Labute approximate surface area is 121 Å². The van der Waals surface area contributed by atoms with Gasteiger partial charge in [-0.3, -0.25) is 4.79 Å². The zero-order valence-corrected chi connectivity index (χ0v) is 11.6. The van der Waals surface area contributed by atoms with Crippen LogP contribution in [0.15, 0.2) is 36.4 Å². The SMILES string of the molecule is Cc1ccc(C(=O)CC2CNc3ccccc32)c(F)c1F. The number of Topliss-reactive ketones (excluding diaryl/α,β-unsaturated/α-hetero) is 1. The first-order valence-electron chi connectivity index (χ1n) is 6.88. The van der Waals surface area contributed by atoms with Gasteiger partial charge in [0, 0.05) is 24.6 Å². The molecule has 0 amide bonds. The minimum absolute atomic E-state index is 0.00235. The number of fused-ring (bicyclic) bond motifs is 1. The molecule has 0 aromatic heterocycles. The summed E-state index contributed by atoms with van der Waals surface area (Å²) in [5, 5.41) is 3.22. The molecule has 2 nitrogen and oxygen atoms in total. The van der Waals surface area contributed by atoms with E-state index >= 15 is 0 Å². The molecule has 108 valence electrons. The molecule has 1 heterocycles. The lowest BCUT2D eigenvalue weighted by Gasteiger charge is -2.10. The van der Waals surface area contributed by atoms with E-state index in [1.165, 1.54) is 19.1 Å². The van der Waals surface area contributed by atoms with Crippen molar-refractivity contribution < 1.29 is 13.6 Å². The van der Waals surface area contributed by atoms with Gasteiger partial charge < -0.3 is 5.32 Å². The molecule has 0 spiro atoms. The van der Waals surface area contributed by atoms with E-state index in [-0.39, 0.29) is 29.2 Å². The lowest BCUT2D eigenvalue weighted by atomic mass is 9.93. The molecule has 1 N–H and O–H groups in total. The summed E-state index contributed by atoms with van der Waals surface area (Å²) >= 11 is 0. The fraction of sp³-hybridized carbons (Fsp3) is 0.235. The Bertz CT molecular complexity index is 712. The van der Waals surface area contributed by atoms with Crippen LogP contribution in [0.3, 0.4) is 0 Å². The number of hydrogen-bond donors (Lipinski definition) is 1. The average Bonchev–Trinajstić information content (AvgIpc) is 2.88. The number of benzene rings is 2. The molecule has 1 aliphatic rings. The third-order valence-electron chi connectivity index (χ3n) is 3.95. The van der Waals surface area contributed by atoms with E-state index in [0.29, 0.717) is 6.54 Å². The molecule has 0 bridgehead atoms. The van der Waals surface area contributed by atoms with Gasteiger partial charge in [0.1, 0.15) is 0 Å². The van der Waals surface area contributed by atoms with Gasteiger partial charge in [-0.15, -0.1) is 0 Å². The van der Waals surface area contributed by atoms with Crippen LogP contribution in [0.1, 0.15) is 33.8 Å². The van der Waals surface area contributed by atoms with Gasteiger partial charge >= 0.3 is 0 Å². The van der Waals surface area contributed by atoms with Crippen LogP contribution in [-0.2, 0) is 0 Å². The Kier molecular flexibility index (Phi) is 3.45. The summed E-state index contributed by atoms with van der Waals surface area (Å²) in [6.45, 7) is 2.12. The maximum atomic E-state index is 13.9. The summed E-state index contributed by atoms with van der Waals surface area (Å²) in [5.41, 5.74) is 2.10. The number of carbonyl (C=O) groups excluding carboxylic acids is 1. The number of hydrogen-bond acceptors (Lipinski definition) is 2. The van der Waals surface area contributed by atoms with Crippen molar-refractivity contribution in [2.45, 2.75) is 19.3 Å². The number of nitrogens with one attached hydrogen (secondary N) is 1. The molecular weight excluding hydrogens is 272 g/mol. The summed E-state index contributed by atoms with van der Waals surface area (Å²) < 4.78 is 27.4. The number of rotatable bonds is 3. The second kappa shape index (κ2) is 5.28. The standard InChI is InChI=1S/C17H15F2NO/c1-10-6-7-13(17(19)16(10)18)15(21)8-11-9-20-14-5-3-2-4-12(11)14/h2-7,11,20H,8-9H2,1H3. The van der Waals surface area contributed by atoms with Crippen molar-refractivity contribution in [3.63, 3.8) is 0 Å². The van der Waals surface area contributed by atoms with Gasteiger partial charge in [-0.25, -0.2) is 8.78 Å². The van der Waals surface area contributed by atoms with E-state index in [4.69, 9.17) is 0 Å². The Hall–Kier alpha value is -2.23. The number of halogens is 2. The summed E-state index contributed by atoms with van der Waals surface area (Å²) in [5.74, 6) is -2.35. The van der Waals surface area contributed by atoms with Gasteiger partial charge in [-0.2, -0.15) is 0 Å². The molecule has 4 heteroatoms. The highest BCUT2D eigenvalue weighted by Gasteiger charge is 2.26. The maximum absolute atomic E-state index is 13.9. The molecule has 1 atom stereocenters. The third-order valence-corrected chi connectivity index (χ3v) is 3.95. The van der Waals surface area contributed by atoms with Gasteiger partial charge in [0.2, 0.25) is 0 Å². The third kappa shape index (κ3) is 2.42. The predicted octanol–water partition coefficient (Wildman–Crippen LogP) is 4.06. The van der Waals surface area contributed by atoms with Crippen LogP contribution in [0.5, 0.6) is 0 Å². The molecule has 2 aromatic carbocycles. The fourth-order valence-corrected chi connectivity index (χ4v) is 2.73. The largest absolute Gasteiger partial charge is 0.384 e. The Morgan fingerprint density at radius 2 is 1.95 bits per heavy atom. The number of ketones is 1. The van der Waals surface area contributed by atoms with Gasteiger partial charge in [0.05, 0.1) is 5.56 Å². The van der Waals surface area contributed by atoms with E-state index in [1.807, 2.05) is 24.3 Å². The lowest BCUT2D eigenvalue weighted by molar-refractivity contribution is 0.0970. The summed E-state index contributed by atoms with van der Waals surface area (Å²) in [6, 6.07) is 10.5. The van der Waals surface area contributed by atoms with Crippen LogP contribution in [0, 0.1) is 18.6 Å². The van der Waals surface area contributed by atoms with E-state index < -0.39 is 11.6 Å². The topological polar surface area (TPSA) is 29.1 Å². The van der Waals surface area contributed by atoms with Crippen molar-refractivity contribution in [2.75, 3.05) is 11.9 Å². The highest BCUT2D eigenvalue weighted by Crippen LogP contribution is 2.34. The normalized spacial score (nSPS) is 16.4. The van der Waals surface area contributed by atoms with E-state index in [1.54, 1.807) is 0 Å². The van der Waals surface area contributed by atoms with Crippen LogP contribution in [0.25, 0.3) is 0 Å². The molecular formula is C17H15F2NO. The van der Waals surface area contributed by atoms with Crippen LogP contribution in [-0.4, -0.2) is 12.3 Å². The van der Waals surface area contributed by atoms with Crippen molar-refractivity contribution in [1.29, 1.82) is 0 Å². The van der Waals surface area contributed by atoms with Crippen molar-refractivity contribution in [2.24, 2.45) is 0 Å². The monoisotopic (exact) mass is 287 g/mol. The molecule has 21 heavy (non-hydrogen) atoms. The molecule has 2 aromatic rings. The van der Waals surface area contributed by atoms with Crippen molar-refractivity contribution >= 4 is 11.5 Å². The van der Waals surface area contributed by atoms with Crippen molar-refractivity contribution in [3.8, 4) is 0 Å². The zero-order chi connectivity index (χ0) is 15.0. The quantitative estimate of drug-likeness (QED) is 0.863. The molecule has 3 rings (SSSR count). The van der Waals surface area contributed by atoms with Crippen molar-refractivity contribution in [1.82, 2.24) is 0 Å². The van der Waals surface area contributed by atoms with Crippen LogP contribution < -0.4 is 5.32 Å². The molecule has 0 radical (unpaired) electrons. The number of para-hydroxylation sites is 1. The minimum Gasteiger partial charge on any atom is -0.384 e. The second-order valence-corrected chi connectivity index (χ2v) is 5.35. The van der Waals surface area contributed by atoms with E-state index in [2.05, 4.69) is 5.32 Å². The molecule has 0 fully saturated rings. The zero-order valence-electron chi connectivity index (χ0n) is 11.6. The summed E-state index contributed by atoms with van der Waals surface area (Å²) in [4.78, 5) is 12.3. The maximum Gasteiger partial charge on any atom is 0.169 e. The van der Waals surface area contributed by atoms with Crippen LogP contribution in [0.4, 0.5) is 14.5 Å². The van der Waals surface area contributed by atoms with Gasteiger partial charge in [-0.05, 0) is 30.2 Å². The molecule has 1 unspecified atom stereocenters. The molecule has 0 aliphatic carbocycles. The van der Waals surface area contributed by atoms with Crippen molar-refractivity contribution in [3.05, 3.63) is 64.7 Å². The summed E-state index contributed by atoms with van der Waals surface area (Å²) in [6.07, 6.45) is 0.170. The Morgan fingerprint density at radius 3 is 2.76 bits per heavy atom. The smallest absolute Gasteiger partial charge is 0.169 e. The fourth-order valence-electron chi connectivity index (χ4n) is 2.73. The first-order chi connectivity index (χ1) is 10.1. The number of anilines is 1. The number of carbonyl (C=O) groups is 1. The Balaban J connectivity index is 1.84. The first-order valence-corrected chi connectivity index (χ1v) is 6.88. The van der Waals surface area contributed by atoms with E-state index in [9.17, 15) is 13.6 Å². The Morgan fingerprint density at radius 1 is 1.19 bits per heavy atom. The highest BCUT2D eigenvalue weighted by atomic mass is 19.2. The molecule has 1 aliphatic heterocycles. The highest BCUT2D eigenvalue weighted by molar-refractivity contribution is 5.97.